The van der Waals surface area contributed by atoms with Crippen LogP contribution in [0.4, 0.5) is 13.2 Å². The van der Waals surface area contributed by atoms with E-state index in [0.29, 0.717) is 5.56 Å². The summed E-state index contributed by atoms with van der Waals surface area (Å²) in [5, 5.41) is 9.81. The molecule has 0 aliphatic heterocycles. The van der Waals surface area contributed by atoms with Gasteiger partial charge in [0.25, 0.3) is 0 Å². The summed E-state index contributed by atoms with van der Waals surface area (Å²) in [6.07, 6.45) is -4.88. The molecule has 0 aliphatic rings. The van der Waals surface area contributed by atoms with Crippen molar-refractivity contribution >= 4 is 9.84 Å². The predicted molar refractivity (Wildman–Crippen MR) is 70.0 cm³/mol. The van der Waals surface area contributed by atoms with Gasteiger partial charge in [-0.1, -0.05) is 19.1 Å². The number of halogens is 3. The Bertz CT molecular complexity index is 521. The van der Waals surface area contributed by atoms with Crippen LogP contribution in [0.15, 0.2) is 24.3 Å². The second-order valence-corrected chi connectivity index (χ2v) is 6.99. The molecule has 1 aromatic rings. The fourth-order valence-electron chi connectivity index (χ4n) is 1.70. The van der Waals surface area contributed by atoms with Gasteiger partial charge >= 0.3 is 6.18 Å². The quantitative estimate of drug-likeness (QED) is 0.879. The van der Waals surface area contributed by atoms with E-state index >= 15 is 0 Å². The van der Waals surface area contributed by atoms with Gasteiger partial charge in [0.15, 0.2) is 0 Å². The minimum Gasteiger partial charge on any atom is -0.388 e. The number of sulfone groups is 1. The Morgan fingerprint density at radius 3 is 2.20 bits per heavy atom. The number of benzene rings is 1. The van der Waals surface area contributed by atoms with Crippen molar-refractivity contribution < 1.29 is 26.7 Å². The van der Waals surface area contributed by atoms with Crippen molar-refractivity contribution in [3.8, 4) is 0 Å². The van der Waals surface area contributed by atoms with Crippen LogP contribution in [0.2, 0.25) is 0 Å². The maximum absolute atomic E-state index is 12.4. The van der Waals surface area contributed by atoms with Crippen LogP contribution in [0.1, 0.15) is 37.0 Å². The van der Waals surface area contributed by atoms with E-state index in [4.69, 9.17) is 0 Å². The number of alkyl halides is 3. The van der Waals surface area contributed by atoms with Crippen molar-refractivity contribution in [3.63, 3.8) is 0 Å². The summed E-state index contributed by atoms with van der Waals surface area (Å²) in [5.41, 5.74) is -0.422. The van der Waals surface area contributed by atoms with Crippen molar-refractivity contribution in [2.75, 3.05) is 11.5 Å². The van der Waals surface area contributed by atoms with Gasteiger partial charge in [-0.25, -0.2) is 8.42 Å². The van der Waals surface area contributed by atoms with Gasteiger partial charge in [-0.05, 0) is 30.5 Å². The van der Waals surface area contributed by atoms with Gasteiger partial charge in [0.2, 0.25) is 0 Å². The minimum atomic E-state index is -4.40. The summed E-state index contributed by atoms with van der Waals surface area (Å²) in [5.74, 6) is 0.0184. The summed E-state index contributed by atoms with van der Waals surface area (Å²) < 4.78 is 59.6. The molecule has 0 aliphatic carbocycles. The summed E-state index contributed by atoms with van der Waals surface area (Å²) in [6, 6.07) is 4.23. The average Bonchev–Trinajstić information content (AvgIpc) is 2.37. The fraction of sp³-hybridized carbons (Fsp3) is 0.538. The maximum atomic E-state index is 12.4. The molecule has 0 saturated carbocycles. The van der Waals surface area contributed by atoms with E-state index in [-0.39, 0.29) is 24.3 Å². The normalized spacial score (nSPS) is 14.2. The van der Waals surface area contributed by atoms with Crippen LogP contribution in [0.25, 0.3) is 0 Å². The van der Waals surface area contributed by atoms with Crippen LogP contribution in [0, 0.1) is 0 Å². The highest BCUT2D eigenvalue weighted by Crippen LogP contribution is 2.30. The SMILES string of the molecule is CCS(=O)(=O)CCCC(O)c1ccc(C(F)(F)F)cc1. The second-order valence-electron chi connectivity index (χ2n) is 4.51. The Labute approximate surface area is 116 Å². The monoisotopic (exact) mass is 310 g/mol. The number of aliphatic hydroxyl groups excluding tert-OH is 1. The van der Waals surface area contributed by atoms with E-state index in [0.717, 1.165) is 12.1 Å². The largest absolute Gasteiger partial charge is 0.416 e. The van der Waals surface area contributed by atoms with E-state index in [1.807, 2.05) is 0 Å². The number of aliphatic hydroxyl groups is 1. The Balaban J connectivity index is 2.58. The lowest BCUT2D eigenvalue weighted by molar-refractivity contribution is -0.137. The first-order valence-corrected chi connectivity index (χ1v) is 8.03. The Morgan fingerprint density at radius 2 is 1.75 bits per heavy atom. The first kappa shape index (κ1) is 17.0. The second kappa shape index (κ2) is 6.58. The van der Waals surface area contributed by atoms with E-state index in [2.05, 4.69) is 0 Å². The van der Waals surface area contributed by atoms with Crippen LogP contribution in [0.3, 0.4) is 0 Å². The maximum Gasteiger partial charge on any atom is 0.416 e. The van der Waals surface area contributed by atoms with E-state index in [1.165, 1.54) is 12.1 Å². The van der Waals surface area contributed by atoms with Gasteiger partial charge in [0, 0.05) is 5.75 Å². The molecule has 1 N–H and O–H groups in total. The van der Waals surface area contributed by atoms with E-state index in [9.17, 15) is 26.7 Å². The molecule has 0 fully saturated rings. The number of hydrogen-bond acceptors (Lipinski definition) is 3. The van der Waals surface area contributed by atoms with Crippen LogP contribution >= 0.6 is 0 Å². The van der Waals surface area contributed by atoms with Crippen molar-refractivity contribution in [1.82, 2.24) is 0 Å². The van der Waals surface area contributed by atoms with E-state index < -0.39 is 27.7 Å². The smallest absolute Gasteiger partial charge is 0.388 e. The van der Waals surface area contributed by atoms with Gasteiger partial charge in [0.05, 0.1) is 17.4 Å². The van der Waals surface area contributed by atoms with Crippen LogP contribution in [0.5, 0.6) is 0 Å². The first-order chi connectivity index (χ1) is 9.15. The highest BCUT2D eigenvalue weighted by Gasteiger charge is 2.30. The molecule has 0 saturated heterocycles. The molecule has 0 radical (unpaired) electrons. The molecule has 0 aromatic heterocycles. The van der Waals surface area contributed by atoms with Gasteiger partial charge in [-0.2, -0.15) is 13.2 Å². The molecule has 20 heavy (non-hydrogen) atoms. The molecule has 7 heteroatoms. The third kappa shape index (κ3) is 5.13. The molecule has 0 bridgehead atoms. The number of hydrogen-bond donors (Lipinski definition) is 1. The molecule has 114 valence electrons. The molecular formula is C13H17F3O3S. The summed E-state index contributed by atoms with van der Waals surface area (Å²) in [7, 11) is -3.08. The minimum absolute atomic E-state index is 0.0266. The lowest BCUT2D eigenvalue weighted by atomic mass is 10.0. The Kier molecular flexibility index (Phi) is 5.59. The number of rotatable bonds is 6. The predicted octanol–water partition coefficient (Wildman–Crippen LogP) is 2.95. The fourth-order valence-corrected chi connectivity index (χ4v) is 2.60. The van der Waals surface area contributed by atoms with Gasteiger partial charge in [-0.15, -0.1) is 0 Å². The molecule has 3 nitrogen and oxygen atoms in total. The molecule has 1 aromatic carbocycles. The van der Waals surface area contributed by atoms with Gasteiger partial charge < -0.3 is 5.11 Å². The molecule has 1 unspecified atom stereocenters. The summed E-state index contributed by atoms with van der Waals surface area (Å²) in [4.78, 5) is 0. The molecule has 0 amide bonds. The summed E-state index contributed by atoms with van der Waals surface area (Å²) >= 11 is 0. The van der Waals surface area contributed by atoms with E-state index in [1.54, 1.807) is 6.92 Å². The third-order valence-electron chi connectivity index (χ3n) is 3.00. The Morgan fingerprint density at radius 1 is 1.20 bits per heavy atom. The lowest BCUT2D eigenvalue weighted by Gasteiger charge is -2.12. The molecule has 0 heterocycles. The highest BCUT2D eigenvalue weighted by molar-refractivity contribution is 7.91. The van der Waals surface area contributed by atoms with Gasteiger partial charge in [-0.3, -0.25) is 0 Å². The van der Waals surface area contributed by atoms with Crippen LogP contribution in [-0.2, 0) is 16.0 Å². The first-order valence-electron chi connectivity index (χ1n) is 6.21. The van der Waals surface area contributed by atoms with Crippen LogP contribution in [-0.4, -0.2) is 25.0 Å². The van der Waals surface area contributed by atoms with Crippen molar-refractivity contribution in [3.05, 3.63) is 35.4 Å². The van der Waals surface area contributed by atoms with Crippen LogP contribution < -0.4 is 0 Å². The molecule has 1 atom stereocenters. The van der Waals surface area contributed by atoms with Crippen molar-refractivity contribution in [2.45, 2.75) is 32.0 Å². The molecule has 0 spiro atoms. The summed E-state index contributed by atoms with van der Waals surface area (Å²) in [6.45, 7) is 1.54. The molecular weight excluding hydrogens is 293 g/mol. The zero-order chi connectivity index (χ0) is 15.4. The van der Waals surface area contributed by atoms with Gasteiger partial charge in [0.1, 0.15) is 9.84 Å². The topological polar surface area (TPSA) is 54.4 Å². The standard InChI is InChI=1S/C13H17F3O3S/c1-2-20(18,19)9-3-4-12(17)10-5-7-11(8-6-10)13(14,15)16/h5-8,12,17H,2-4,9H2,1H3. The zero-order valence-corrected chi connectivity index (χ0v) is 11.8. The Hall–Kier alpha value is -1.08. The average molecular weight is 310 g/mol. The lowest BCUT2D eigenvalue weighted by Crippen LogP contribution is -2.10. The van der Waals surface area contributed by atoms with Crippen molar-refractivity contribution in [2.24, 2.45) is 0 Å². The van der Waals surface area contributed by atoms with Crippen molar-refractivity contribution in [1.29, 1.82) is 0 Å². The third-order valence-corrected chi connectivity index (χ3v) is 4.79. The molecule has 1 rings (SSSR count). The zero-order valence-electron chi connectivity index (χ0n) is 11.0. The highest BCUT2D eigenvalue weighted by atomic mass is 32.2.